The summed E-state index contributed by atoms with van der Waals surface area (Å²) in [5, 5.41) is 0. The van der Waals surface area contributed by atoms with Crippen molar-refractivity contribution in [3.05, 3.63) is 89.2 Å². The second-order valence-corrected chi connectivity index (χ2v) is 10.7. The first-order chi connectivity index (χ1) is 17.6. The Balaban J connectivity index is 1.37. The molecule has 1 atom stereocenters. The van der Waals surface area contributed by atoms with E-state index in [0.717, 1.165) is 12.1 Å². The van der Waals surface area contributed by atoms with Crippen LogP contribution in [-0.2, 0) is 21.4 Å². The van der Waals surface area contributed by atoms with Gasteiger partial charge in [-0.1, -0.05) is 12.1 Å². The van der Waals surface area contributed by atoms with E-state index in [1.165, 1.54) is 51.7 Å². The molecule has 192 valence electrons. The van der Waals surface area contributed by atoms with Gasteiger partial charge in [-0.2, -0.15) is 4.31 Å². The Labute approximate surface area is 211 Å². The van der Waals surface area contributed by atoms with Crippen LogP contribution in [0.25, 0.3) is 0 Å². The number of sulfonamides is 1. The van der Waals surface area contributed by atoms with Crippen LogP contribution in [0, 0.1) is 17.5 Å². The molecule has 0 bridgehead atoms. The highest BCUT2D eigenvalue weighted by Gasteiger charge is 2.40. The number of fused-ring (bicyclic) bond motifs is 1. The van der Waals surface area contributed by atoms with E-state index in [1.807, 2.05) is 0 Å². The fraction of sp³-hybridized carbons (Fsp3) is 0.231. The van der Waals surface area contributed by atoms with Crippen molar-refractivity contribution in [1.82, 2.24) is 4.31 Å². The van der Waals surface area contributed by atoms with Crippen LogP contribution >= 0.6 is 0 Å². The van der Waals surface area contributed by atoms with Gasteiger partial charge in [-0.15, -0.1) is 0 Å². The van der Waals surface area contributed by atoms with Gasteiger partial charge in [0.05, 0.1) is 28.7 Å². The molecule has 5 rings (SSSR count). The van der Waals surface area contributed by atoms with Gasteiger partial charge in [-0.3, -0.25) is 9.59 Å². The summed E-state index contributed by atoms with van der Waals surface area (Å²) in [6, 6.07) is 11.6. The van der Waals surface area contributed by atoms with Crippen LogP contribution in [0.4, 0.5) is 18.9 Å². The van der Waals surface area contributed by atoms with Crippen molar-refractivity contribution < 1.29 is 35.9 Å². The molecule has 3 aromatic carbocycles. The summed E-state index contributed by atoms with van der Waals surface area (Å²) in [7, 11) is -4.07. The molecule has 37 heavy (non-hydrogen) atoms. The van der Waals surface area contributed by atoms with Crippen LogP contribution in [0.3, 0.4) is 0 Å². The van der Waals surface area contributed by atoms with Crippen molar-refractivity contribution in [2.75, 3.05) is 18.1 Å². The predicted octanol–water partition coefficient (Wildman–Crippen LogP) is 4.07. The molecular weight excluding hydrogens is 509 g/mol. The molecule has 2 heterocycles. The maximum absolute atomic E-state index is 13.5. The summed E-state index contributed by atoms with van der Waals surface area (Å²) in [6.07, 6.45) is 1.03. The normalized spacial score (nSPS) is 17.9. The molecule has 1 fully saturated rings. The van der Waals surface area contributed by atoms with Crippen LogP contribution in [0.2, 0.25) is 0 Å². The fourth-order valence-corrected chi connectivity index (χ4v) is 6.31. The minimum Gasteiger partial charge on any atom is -0.492 e. The first-order valence-corrected chi connectivity index (χ1v) is 12.9. The van der Waals surface area contributed by atoms with Crippen molar-refractivity contribution in [3.63, 3.8) is 0 Å². The molecule has 0 spiro atoms. The van der Waals surface area contributed by atoms with Crippen LogP contribution < -0.4 is 9.64 Å². The lowest BCUT2D eigenvalue weighted by Gasteiger charge is -2.24. The number of halogens is 3. The van der Waals surface area contributed by atoms with Crippen molar-refractivity contribution in [2.45, 2.75) is 30.3 Å². The third-order valence-electron chi connectivity index (χ3n) is 6.40. The number of amides is 1. The number of anilines is 1. The van der Waals surface area contributed by atoms with Gasteiger partial charge in [0.1, 0.15) is 29.8 Å². The number of benzene rings is 3. The third kappa shape index (κ3) is 4.84. The Morgan fingerprint density at radius 1 is 0.892 bits per heavy atom. The number of carbonyl (C=O) groups is 2. The summed E-state index contributed by atoms with van der Waals surface area (Å²) in [4.78, 5) is 26.4. The first kappa shape index (κ1) is 25.0. The summed E-state index contributed by atoms with van der Waals surface area (Å²) in [5.74, 6) is -3.73. The van der Waals surface area contributed by atoms with Crippen molar-refractivity contribution in [3.8, 4) is 5.75 Å². The van der Waals surface area contributed by atoms with Gasteiger partial charge in [0, 0.05) is 24.7 Å². The standard InChI is InChI=1S/C26H21F3N2O5S/c27-17-5-3-16(4-6-17)14-30-24-8-7-22(13-23(24)25(32)26(30)33)37(34,35)31-9-1-2-20(31)15-36-21-11-18(28)10-19(29)12-21/h3-8,10-13,20H,1-2,9,14-15H2. The van der Waals surface area contributed by atoms with E-state index in [1.54, 1.807) is 0 Å². The van der Waals surface area contributed by atoms with Gasteiger partial charge in [0.15, 0.2) is 0 Å². The number of carbonyl (C=O) groups excluding carboxylic acids is 2. The number of ketones is 1. The Morgan fingerprint density at radius 3 is 2.30 bits per heavy atom. The van der Waals surface area contributed by atoms with E-state index in [9.17, 15) is 31.2 Å². The van der Waals surface area contributed by atoms with Gasteiger partial charge >= 0.3 is 0 Å². The van der Waals surface area contributed by atoms with E-state index >= 15 is 0 Å². The Bertz CT molecular complexity index is 1470. The van der Waals surface area contributed by atoms with Gasteiger partial charge in [-0.25, -0.2) is 21.6 Å². The molecule has 0 radical (unpaired) electrons. The van der Waals surface area contributed by atoms with Crippen LogP contribution in [0.5, 0.6) is 5.75 Å². The number of ether oxygens (including phenoxy) is 1. The molecule has 1 unspecified atom stereocenters. The number of hydrogen-bond donors (Lipinski definition) is 0. The zero-order valence-corrected chi connectivity index (χ0v) is 20.2. The molecule has 1 amide bonds. The molecular formula is C26H21F3N2O5S. The minimum atomic E-state index is -4.07. The average molecular weight is 531 g/mol. The number of nitrogens with zero attached hydrogens (tertiary/aromatic N) is 2. The van der Waals surface area contributed by atoms with Crippen LogP contribution in [-0.4, -0.2) is 43.6 Å². The lowest BCUT2D eigenvalue weighted by atomic mass is 10.1. The number of hydrogen-bond acceptors (Lipinski definition) is 5. The summed E-state index contributed by atoms with van der Waals surface area (Å²) in [6.45, 7) is 0.112. The maximum Gasteiger partial charge on any atom is 0.299 e. The van der Waals surface area contributed by atoms with E-state index in [-0.39, 0.29) is 41.6 Å². The Kier molecular flexibility index (Phi) is 6.50. The molecule has 1 saturated heterocycles. The SMILES string of the molecule is O=C1C(=O)N(Cc2ccc(F)cc2)c2ccc(S(=O)(=O)N3CCCC3COc3cc(F)cc(F)c3)cc21. The number of rotatable bonds is 7. The van der Waals surface area contributed by atoms with E-state index in [0.29, 0.717) is 24.5 Å². The predicted molar refractivity (Wildman–Crippen MR) is 127 cm³/mol. The first-order valence-electron chi connectivity index (χ1n) is 11.5. The van der Waals surface area contributed by atoms with Gasteiger partial charge in [0.25, 0.3) is 11.7 Å². The molecule has 2 aliphatic heterocycles. The maximum atomic E-state index is 13.5. The molecule has 0 N–H and O–H groups in total. The second-order valence-electron chi connectivity index (χ2n) is 8.85. The molecule has 3 aromatic rings. The summed E-state index contributed by atoms with van der Waals surface area (Å²) < 4.78 is 73.8. The highest BCUT2D eigenvalue weighted by Crippen LogP contribution is 2.34. The van der Waals surface area contributed by atoms with Crippen molar-refractivity contribution in [1.29, 1.82) is 0 Å². The lowest BCUT2D eigenvalue weighted by Crippen LogP contribution is -2.39. The second kappa shape index (κ2) is 9.64. The van der Waals surface area contributed by atoms with E-state index in [4.69, 9.17) is 4.74 Å². The topological polar surface area (TPSA) is 84.0 Å². The van der Waals surface area contributed by atoms with Crippen LogP contribution in [0.1, 0.15) is 28.8 Å². The zero-order chi connectivity index (χ0) is 26.3. The Hall–Kier alpha value is -3.70. The number of Topliss-reactive ketones (excluding diaryl/α,β-unsaturated/α-hetero) is 1. The minimum absolute atomic E-state index is 0.0240. The van der Waals surface area contributed by atoms with Gasteiger partial charge in [0.2, 0.25) is 10.0 Å². The van der Waals surface area contributed by atoms with E-state index in [2.05, 4.69) is 0 Å². The monoisotopic (exact) mass is 530 g/mol. The summed E-state index contributed by atoms with van der Waals surface area (Å²) in [5.41, 5.74) is 0.841. The third-order valence-corrected chi connectivity index (χ3v) is 8.35. The average Bonchev–Trinajstić information content (AvgIpc) is 3.43. The largest absolute Gasteiger partial charge is 0.492 e. The smallest absolute Gasteiger partial charge is 0.299 e. The summed E-state index contributed by atoms with van der Waals surface area (Å²) >= 11 is 0. The highest BCUT2D eigenvalue weighted by atomic mass is 32.2. The molecule has 7 nitrogen and oxygen atoms in total. The molecule has 2 aliphatic rings. The quantitative estimate of drug-likeness (QED) is 0.430. The lowest BCUT2D eigenvalue weighted by molar-refractivity contribution is -0.114. The zero-order valence-electron chi connectivity index (χ0n) is 19.4. The fourth-order valence-electron chi connectivity index (χ4n) is 4.60. The molecule has 0 saturated carbocycles. The highest BCUT2D eigenvalue weighted by molar-refractivity contribution is 7.89. The van der Waals surface area contributed by atoms with Gasteiger partial charge < -0.3 is 9.64 Å². The van der Waals surface area contributed by atoms with Crippen molar-refractivity contribution >= 4 is 27.4 Å². The molecule has 0 aromatic heterocycles. The molecule has 11 heteroatoms. The molecule has 0 aliphatic carbocycles. The van der Waals surface area contributed by atoms with Crippen molar-refractivity contribution in [2.24, 2.45) is 0 Å². The van der Waals surface area contributed by atoms with Crippen LogP contribution in [0.15, 0.2) is 65.6 Å². The van der Waals surface area contributed by atoms with Gasteiger partial charge in [-0.05, 0) is 48.7 Å². The Morgan fingerprint density at radius 2 is 1.59 bits per heavy atom. The van der Waals surface area contributed by atoms with E-state index < -0.39 is 45.2 Å².